The van der Waals surface area contributed by atoms with Crippen LogP contribution in [0.1, 0.15) is 114 Å². The van der Waals surface area contributed by atoms with Gasteiger partial charge in [-0.15, -0.1) is 10.2 Å². The predicted molar refractivity (Wildman–Crippen MR) is 201 cm³/mol. The van der Waals surface area contributed by atoms with Gasteiger partial charge in [-0.25, -0.2) is 0 Å². The van der Waals surface area contributed by atoms with Gasteiger partial charge < -0.3 is 4.42 Å². The van der Waals surface area contributed by atoms with Crippen LogP contribution in [0.4, 0.5) is 0 Å². The highest BCUT2D eigenvalue weighted by atomic mass is 16.3. The van der Waals surface area contributed by atoms with Crippen molar-refractivity contribution < 1.29 is 31.8 Å². The molecule has 2 fully saturated rings. The molecule has 4 atom stereocenters. The molecule has 2 aliphatic rings. The zero-order valence-electron chi connectivity index (χ0n) is 45.9. The zero-order valence-corrected chi connectivity index (χ0v) is 25.9. The minimum atomic E-state index is -4.09. The fraction of sp³-hybridized carbons (Fsp3) is 0.267. The summed E-state index contributed by atoms with van der Waals surface area (Å²) in [5, 5.41) is 13.0. The Morgan fingerprint density at radius 3 is 2.06 bits per heavy atom. The molecule has 0 spiro atoms. The molecule has 0 aliphatic heterocycles. The maximum Gasteiger partial charge on any atom is 0.136 e. The molecule has 2 aromatic heterocycles. The molecule has 2 saturated carbocycles. The predicted octanol–water partition coefficient (Wildman–Crippen LogP) is 12.5. The van der Waals surface area contributed by atoms with Crippen molar-refractivity contribution in [2.75, 3.05) is 0 Å². The molecule has 49 heavy (non-hydrogen) atoms. The van der Waals surface area contributed by atoms with Crippen LogP contribution in [-0.4, -0.2) is 15.4 Å². The molecule has 0 amide bonds. The van der Waals surface area contributed by atoms with E-state index in [9.17, 15) is 11.0 Å². The summed E-state index contributed by atoms with van der Waals surface area (Å²) in [5.74, 6) is -7.79. The van der Waals surface area contributed by atoms with Crippen LogP contribution >= 0.6 is 0 Å². The standard InChI is InChI=1S/C45H41N3O/c1-4-16-30(17-5-1)33-22-10-11-23-34(33)36-28-29-40-43(38-26-14-15-27-39(38)49-40)42(36)35-24-12-13-25-37(35)45-41(31-18-6-2-7-19-31)44(46-48-47-45)32-20-8-3-9-21-32/h1,4-5,10-17,22-29,31-32H,2-3,6-9,18-21H2/i2D2,3D2,6D2,7D2,8D2,9D2,18D,19D2,20D,21D2,31D,32D. The molecule has 0 N–H and O–H groups in total. The summed E-state index contributed by atoms with van der Waals surface area (Å²) in [6, 6.07) is 33.6. The lowest BCUT2D eigenvalue weighted by Gasteiger charge is -2.29. The third-order valence-electron chi connectivity index (χ3n) is 8.68. The Balaban J connectivity index is 1.47. The number of benzene rings is 5. The van der Waals surface area contributed by atoms with Crippen molar-refractivity contribution in [1.82, 2.24) is 15.4 Å². The van der Waals surface area contributed by atoms with Crippen molar-refractivity contribution in [2.45, 2.75) is 75.6 Å². The number of furan rings is 1. The van der Waals surface area contributed by atoms with E-state index in [0.29, 0.717) is 38.6 Å². The van der Waals surface area contributed by atoms with E-state index in [1.54, 1.807) is 48.5 Å². The summed E-state index contributed by atoms with van der Waals surface area (Å²) in [6.07, 6.45) is -37.7. The van der Waals surface area contributed by atoms with Gasteiger partial charge >= 0.3 is 0 Å². The Morgan fingerprint density at radius 1 is 0.551 bits per heavy atom. The van der Waals surface area contributed by atoms with E-state index in [1.807, 2.05) is 54.6 Å². The van der Waals surface area contributed by atoms with Crippen LogP contribution in [0.15, 0.2) is 120 Å². The summed E-state index contributed by atoms with van der Waals surface area (Å²) < 4.78 is 187. The molecule has 0 saturated heterocycles. The monoisotopic (exact) mass is 659 g/mol. The molecule has 5 aromatic carbocycles. The minimum absolute atomic E-state index is 0.165. The molecule has 2 aliphatic carbocycles. The van der Waals surface area contributed by atoms with Gasteiger partial charge in [0.1, 0.15) is 16.9 Å². The van der Waals surface area contributed by atoms with Crippen molar-refractivity contribution in [3.05, 3.63) is 127 Å². The molecule has 4 nitrogen and oxygen atoms in total. The van der Waals surface area contributed by atoms with Gasteiger partial charge in [-0.3, -0.25) is 0 Å². The van der Waals surface area contributed by atoms with Crippen LogP contribution < -0.4 is 0 Å². The highest BCUT2D eigenvalue weighted by molar-refractivity contribution is 6.17. The fourth-order valence-corrected chi connectivity index (χ4v) is 6.59. The maximum absolute atomic E-state index is 10.2. The zero-order chi connectivity index (χ0) is 50.5. The average molecular weight is 660 g/mol. The van der Waals surface area contributed by atoms with E-state index >= 15 is 0 Å². The van der Waals surface area contributed by atoms with Crippen LogP contribution in [0.25, 0.3) is 66.6 Å². The Kier molecular flexibility index (Phi) is 4.17. The first-order chi connectivity index (χ1) is 31.9. The maximum atomic E-state index is 10.2. The van der Waals surface area contributed by atoms with Crippen molar-refractivity contribution in [2.24, 2.45) is 0 Å². The van der Waals surface area contributed by atoms with Gasteiger partial charge in [-0.1, -0.05) is 135 Å². The van der Waals surface area contributed by atoms with E-state index in [2.05, 4.69) is 15.4 Å². The second-order valence-electron chi connectivity index (χ2n) is 11.4. The third-order valence-corrected chi connectivity index (χ3v) is 8.68. The third kappa shape index (κ3) is 5.44. The minimum Gasteiger partial charge on any atom is -0.456 e. The summed E-state index contributed by atoms with van der Waals surface area (Å²) in [6.45, 7) is 0. The second kappa shape index (κ2) is 13.1. The topological polar surface area (TPSA) is 51.8 Å². The van der Waals surface area contributed by atoms with E-state index in [4.69, 9.17) is 20.9 Å². The van der Waals surface area contributed by atoms with E-state index in [-0.39, 0.29) is 11.1 Å². The molecular formula is C45H41N3O. The highest BCUT2D eigenvalue weighted by Gasteiger charge is 2.31. The smallest absolute Gasteiger partial charge is 0.136 e. The molecule has 4 unspecified atom stereocenters. The number of hydrogen-bond acceptors (Lipinski definition) is 4. The Hall–Kier alpha value is -5.09. The molecule has 9 rings (SSSR count). The van der Waals surface area contributed by atoms with Gasteiger partial charge in [0.25, 0.3) is 0 Å². The number of aromatic nitrogens is 3. The van der Waals surface area contributed by atoms with Crippen molar-refractivity contribution in [3.63, 3.8) is 0 Å². The van der Waals surface area contributed by atoms with Crippen LogP contribution in [0.2, 0.25) is 0 Å². The number of hydrogen-bond donors (Lipinski definition) is 0. The summed E-state index contributed by atoms with van der Waals surface area (Å²) in [4.78, 5) is 0. The first-order valence-electron chi connectivity index (χ1n) is 25.9. The molecule has 7 aromatic rings. The largest absolute Gasteiger partial charge is 0.456 e. The lowest BCUT2D eigenvalue weighted by molar-refractivity contribution is 0.408. The lowest BCUT2D eigenvalue weighted by Crippen LogP contribution is -2.17. The molecule has 242 valence electrons. The van der Waals surface area contributed by atoms with Gasteiger partial charge in [-0.05, 0) is 82.7 Å². The Morgan fingerprint density at radius 2 is 1.22 bits per heavy atom. The number of para-hydroxylation sites is 1. The van der Waals surface area contributed by atoms with Crippen LogP contribution in [0.3, 0.4) is 0 Å². The first kappa shape index (κ1) is 15.6. The van der Waals surface area contributed by atoms with E-state index < -0.39 is 92.5 Å². The Labute approximate surface area is 316 Å². The lowest BCUT2D eigenvalue weighted by atomic mass is 9.76. The molecule has 0 radical (unpaired) electrons. The van der Waals surface area contributed by atoms with E-state index in [0.717, 1.165) is 11.1 Å². The number of fused-ring (bicyclic) bond motifs is 3. The van der Waals surface area contributed by atoms with Crippen molar-refractivity contribution in [3.8, 4) is 44.6 Å². The van der Waals surface area contributed by atoms with Crippen LogP contribution in [-0.2, 0) is 0 Å². The first-order valence-corrected chi connectivity index (χ1v) is 15.7. The van der Waals surface area contributed by atoms with Gasteiger partial charge in [0.2, 0.25) is 0 Å². The van der Waals surface area contributed by atoms with Crippen molar-refractivity contribution in [1.29, 1.82) is 0 Å². The normalized spacial score (nSPS) is 38.4. The highest BCUT2D eigenvalue weighted by Crippen LogP contribution is 2.49. The van der Waals surface area contributed by atoms with Crippen LogP contribution in [0.5, 0.6) is 0 Å². The average Bonchev–Trinajstić information content (AvgIpc) is 3.70. The number of nitrogens with zero attached hydrogens (tertiary/aromatic N) is 3. The summed E-state index contributed by atoms with van der Waals surface area (Å²) in [5.41, 5.74) is 0.524. The molecule has 2 heterocycles. The number of rotatable bonds is 6. The molecular weight excluding hydrogens is 599 g/mol. The summed E-state index contributed by atoms with van der Waals surface area (Å²) >= 11 is 0. The quantitative estimate of drug-likeness (QED) is 0.178. The fourth-order valence-electron chi connectivity index (χ4n) is 6.59. The Bertz CT molecular complexity index is 3200. The van der Waals surface area contributed by atoms with Gasteiger partial charge in [0.15, 0.2) is 0 Å². The van der Waals surface area contributed by atoms with Crippen LogP contribution in [0, 0.1) is 0 Å². The van der Waals surface area contributed by atoms with Gasteiger partial charge in [0, 0.05) is 60.8 Å². The SMILES string of the molecule is [2H]C1C([2H])([2H])C([2H])([2H])C([2H])([2H])C([2H])([2H])C1([2H])c1nnnc(-c2ccccc2-c2c(-c3ccccc3-c3ccccc3)ccc3oc4ccccc4c23)c1C1([2H])C([2H])C([2H])([2H])C([2H])([2H])C([2H])([2H])C1([2H])[2H]. The summed E-state index contributed by atoms with van der Waals surface area (Å²) in [7, 11) is 0. The van der Waals surface area contributed by atoms with Crippen molar-refractivity contribution >= 4 is 21.9 Å². The van der Waals surface area contributed by atoms with Gasteiger partial charge in [0.05, 0.1) is 5.69 Å². The molecule has 4 heteroatoms. The molecule has 0 bridgehead atoms. The van der Waals surface area contributed by atoms with E-state index in [1.165, 1.54) is 12.1 Å². The van der Waals surface area contributed by atoms with Gasteiger partial charge in [-0.2, -0.15) is 0 Å². The second-order valence-corrected chi connectivity index (χ2v) is 11.4.